The smallest absolute Gasteiger partial charge is 0.249 e. The van der Waals surface area contributed by atoms with Crippen LogP contribution in [0.15, 0.2) is 36.4 Å². The van der Waals surface area contributed by atoms with Crippen molar-refractivity contribution in [3.63, 3.8) is 0 Å². The van der Waals surface area contributed by atoms with E-state index in [0.29, 0.717) is 22.0 Å². The van der Waals surface area contributed by atoms with Gasteiger partial charge in [0.2, 0.25) is 11.7 Å². The monoisotopic (exact) mass is 278 g/mol. The van der Waals surface area contributed by atoms with Crippen molar-refractivity contribution in [2.75, 3.05) is 0 Å². The third-order valence-electron chi connectivity index (χ3n) is 2.57. The van der Waals surface area contributed by atoms with Crippen LogP contribution >= 0.6 is 11.6 Å². The molecule has 1 heterocycles. The molecule has 2 rings (SSSR count). The third kappa shape index (κ3) is 3.21. The van der Waals surface area contributed by atoms with Crippen LogP contribution in [0.5, 0.6) is 0 Å². The van der Waals surface area contributed by atoms with Gasteiger partial charge in [-0.05, 0) is 36.4 Å². The highest BCUT2D eigenvalue weighted by atomic mass is 35.5. The van der Waals surface area contributed by atoms with Crippen molar-refractivity contribution >= 4 is 23.3 Å². The number of benzene rings is 1. The molecule has 0 aliphatic heterocycles. The zero-order chi connectivity index (χ0) is 13.8. The summed E-state index contributed by atoms with van der Waals surface area (Å²) in [6.45, 7) is 0. The molecule has 1 aromatic carbocycles. The van der Waals surface area contributed by atoms with Gasteiger partial charge in [0.1, 0.15) is 0 Å². The molecule has 6 heteroatoms. The summed E-state index contributed by atoms with van der Waals surface area (Å²) in [6.07, 6.45) is -0.0234. The van der Waals surface area contributed by atoms with E-state index in [2.05, 4.69) is 4.98 Å². The number of aromatic amines is 1. The summed E-state index contributed by atoms with van der Waals surface area (Å²) in [7, 11) is 0. The summed E-state index contributed by atoms with van der Waals surface area (Å²) in [5.41, 5.74) is 2.96. The number of amides is 1. The number of carbonyl (C=O) groups excluding carboxylic acids is 2. The largest absolute Gasteiger partial charge is 0.355 e. The van der Waals surface area contributed by atoms with E-state index in [-0.39, 0.29) is 12.2 Å². The zero-order valence-corrected chi connectivity index (χ0v) is 10.6. The van der Waals surface area contributed by atoms with Crippen molar-refractivity contribution < 1.29 is 14.8 Å². The number of halogens is 1. The molecule has 0 aliphatic carbocycles. The minimum absolute atomic E-state index is 0.0234. The Morgan fingerprint density at radius 1 is 1.16 bits per heavy atom. The molecule has 1 amide bonds. The summed E-state index contributed by atoms with van der Waals surface area (Å²) in [6, 6.07) is 9.75. The summed E-state index contributed by atoms with van der Waals surface area (Å²) in [5.74, 6) is -0.736. The SMILES string of the molecule is O=C(Cc1ccc(C(=O)c2ccc(Cl)cc2)[nH]1)NO. The Morgan fingerprint density at radius 2 is 1.84 bits per heavy atom. The van der Waals surface area contributed by atoms with Crippen molar-refractivity contribution in [2.45, 2.75) is 6.42 Å². The van der Waals surface area contributed by atoms with Crippen molar-refractivity contribution in [2.24, 2.45) is 0 Å². The van der Waals surface area contributed by atoms with E-state index in [1.807, 2.05) is 0 Å². The molecule has 3 N–H and O–H groups in total. The van der Waals surface area contributed by atoms with Crippen LogP contribution in [0.25, 0.3) is 0 Å². The van der Waals surface area contributed by atoms with Crippen LogP contribution < -0.4 is 5.48 Å². The Hall–Kier alpha value is -2.11. The Balaban J connectivity index is 2.16. The highest BCUT2D eigenvalue weighted by Crippen LogP contribution is 2.14. The molecular formula is C13H11ClN2O3. The van der Waals surface area contributed by atoms with Gasteiger partial charge in [0.25, 0.3) is 0 Å². The van der Waals surface area contributed by atoms with Gasteiger partial charge in [-0.25, -0.2) is 5.48 Å². The first-order valence-corrected chi connectivity index (χ1v) is 5.89. The van der Waals surface area contributed by atoms with Crippen LogP contribution in [0.3, 0.4) is 0 Å². The number of carbonyl (C=O) groups is 2. The van der Waals surface area contributed by atoms with Crippen LogP contribution in [-0.4, -0.2) is 21.9 Å². The Morgan fingerprint density at radius 3 is 2.47 bits per heavy atom. The van der Waals surface area contributed by atoms with Gasteiger partial charge in [-0.3, -0.25) is 14.8 Å². The predicted molar refractivity (Wildman–Crippen MR) is 69.3 cm³/mol. The fraction of sp³-hybridized carbons (Fsp3) is 0.0769. The van der Waals surface area contributed by atoms with Gasteiger partial charge in [0.15, 0.2) is 0 Å². The second kappa shape index (κ2) is 5.69. The molecule has 1 aromatic heterocycles. The average Bonchev–Trinajstić information content (AvgIpc) is 2.87. The van der Waals surface area contributed by atoms with E-state index >= 15 is 0 Å². The molecule has 0 bridgehead atoms. The van der Waals surface area contributed by atoms with Gasteiger partial charge in [0, 0.05) is 16.3 Å². The number of nitrogens with one attached hydrogen (secondary N) is 2. The van der Waals surface area contributed by atoms with Crippen LogP contribution in [-0.2, 0) is 11.2 Å². The average molecular weight is 279 g/mol. The first kappa shape index (κ1) is 13.3. The van der Waals surface area contributed by atoms with Crippen LogP contribution in [0.1, 0.15) is 21.7 Å². The fourth-order valence-electron chi connectivity index (χ4n) is 1.65. The first-order valence-electron chi connectivity index (χ1n) is 5.51. The summed E-state index contributed by atoms with van der Waals surface area (Å²) in [5, 5.41) is 8.98. The lowest BCUT2D eigenvalue weighted by molar-refractivity contribution is -0.128. The molecular weight excluding hydrogens is 268 g/mol. The number of rotatable bonds is 4. The maximum Gasteiger partial charge on any atom is 0.249 e. The van der Waals surface area contributed by atoms with Gasteiger partial charge < -0.3 is 4.98 Å². The minimum Gasteiger partial charge on any atom is -0.355 e. The number of hydrogen-bond acceptors (Lipinski definition) is 3. The fourth-order valence-corrected chi connectivity index (χ4v) is 1.77. The lowest BCUT2D eigenvalue weighted by Crippen LogP contribution is -2.20. The van der Waals surface area contributed by atoms with Crippen LogP contribution in [0.2, 0.25) is 5.02 Å². The lowest BCUT2D eigenvalue weighted by atomic mass is 10.1. The van der Waals surface area contributed by atoms with Crippen molar-refractivity contribution in [1.82, 2.24) is 10.5 Å². The van der Waals surface area contributed by atoms with Crippen molar-refractivity contribution in [1.29, 1.82) is 0 Å². The Bertz CT molecular complexity index is 605. The molecule has 0 atom stereocenters. The minimum atomic E-state index is -0.549. The second-order valence-electron chi connectivity index (χ2n) is 3.95. The maximum absolute atomic E-state index is 12.1. The Kier molecular flexibility index (Phi) is 3.99. The molecule has 5 nitrogen and oxygen atoms in total. The molecule has 0 aliphatic rings. The van der Waals surface area contributed by atoms with Gasteiger partial charge in [-0.1, -0.05) is 11.6 Å². The summed E-state index contributed by atoms with van der Waals surface area (Å²) < 4.78 is 0. The third-order valence-corrected chi connectivity index (χ3v) is 2.83. The molecule has 0 radical (unpaired) electrons. The first-order chi connectivity index (χ1) is 9.10. The van der Waals surface area contributed by atoms with E-state index < -0.39 is 5.91 Å². The van der Waals surface area contributed by atoms with Crippen molar-refractivity contribution in [3.05, 3.63) is 58.4 Å². The standard InChI is InChI=1S/C13H11ClN2O3/c14-9-3-1-8(2-4-9)13(18)11-6-5-10(15-11)7-12(17)16-19/h1-6,15,19H,7H2,(H,16,17). The molecule has 98 valence electrons. The van der Waals surface area contributed by atoms with Gasteiger partial charge in [-0.2, -0.15) is 0 Å². The van der Waals surface area contributed by atoms with Gasteiger partial charge >= 0.3 is 0 Å². The van der Waals surface area contributed by atoms with E-state index in [4.69, 9.17) is 16.8 Å². The number of ketones is 1. The highest BCUT2D eigenvalue weighted by molar-refractivity contribution is 6.30. The molecule has 0 spiro atoms. The van der Waals surface area contributed by atoms with Gasteiger partial charge in [0.05, 0.1) is 12.1 Å². The number of aromatic nitrogens is 1. The maximum atomic E-state index is 12.1. The molecule has 2 aromatic rings. The predicted octanol–water partition coefficient (Wildman–Crippen LogP) is 1.95. The molecule has 19 heavy (non-hydrogen) atoms. The molecule has 0 unspecified atom stereocenters. The quantitative estimate of drug-likeness (QED) is 0.454. The van der Waals surface area contributed by atoms with E-state index in [1.165, 1.54) is 5.48 Å². The summed E-state index contributed by atoms with van der Waals surface area (Å²) in [4.78, 5) is 25.9. The number of H-pyrrole nitrogens is 1. The van der Waals surface area contributed by atoms with Crippen LogP contribution in [0, 0.1) is 0 Å². The zero-order valence-electron chi connectivity index (χ0n) is 9.81. The Labute approximate surface area is 114 Å². The topological polar surface area (TPSA) is 82.2 Å². The van der Waals surface area contributed by atoms with E-state index in [0.717, 1.165) is 0 Å². The lowest BCUT2D eigenvalue weighted by Gasteiger charge is -1.99. The molecule has 0 fully saturated rings. The van der Waals surface area contributed by atoms with E-state index in [9.17, 15) is 9.59 Å². The summed E-state index contributed by atoms with van der Waals surface area (Å²) >= 11 is 5.75. The molecule has 0 saturated carbocycles. The highest BCUT2D eigenvalue weighted by Gasteiger charge is 2.12. The van der Waals surface area contributed by atoms with E-state index in [1.54, 1.807) is 36.4 Å². The van der Waals surface area contributed by atoms with Crippen molar-refractivity contribution in [3.8, 4) is 0 Å². The second-order valence-corrected chi connectivity index (χ2v) is 4.38. The van der Waals surface area contributed by atoms with Crippen LogP contribution in [0.4, 0.5) is 0 Å². The normalized spacial score (nSPS) is 10.2. The van der Waals surface area contributed by atoms with Gasteiger partial charge in [-0.15, -0.1) is 0 Å². The number of hydrogen-bond donors (Lipinski definition) is 3. The number of hydroxylamine groups is 1. The molecule has 0 saturated heterocycles.